The maximum absolute atomic E-state index is 12.9. The number of rotatable bonds is 6. The zero-order valence-electron chi connectivity index (χ0n) is 14.3. The van der Waals surface area contributed by atoms with Gasteiger partial charge >= 0.3 is 0 Å². The lowest BCUT2D eigenvalue weighted by Gasteiger charge is -2.21. The van der Waals surface area contributed by atoms with E-state index in [2.05, 4.69) is 5.32 Å². The number of carbonyl (C=O) groups excluding carboxylic acids is 1. The summed E-state index contributed by atoms with van der Waals surface area (Å²) in [7, 11) is 0. The third-order valence-electron chi connectivity index (χ3n) is 3.88. The van der Waals surface area contributed by atoms with Gasteiger partial charge in [0.25, 0.3) is 5.91 Å². The van der Waals surface area contributed by atoms with Crippen LogP contribution in [0.1, 0.15) is 36.2 Å². The minimum absolute atomic E-state index is 0.211. The van der Waals surface area contributed by atoms with Crippen LogP contribution in [0, 0.1) is 6.92 Å². The number of benzene rings is 2. The van der Waals surface area contributed by atoms with Crippen molar-refractivity contribution in [2.75, 3.05) is 0 Å². The standard InChI is InChI=1S/C21H21NO3/c1-15-13-14-19(24-15)16(2)22-21(23)20(17-9-5-3-6-10-17)25-18-11-7-4-8-12-18/h3-14,16,20H,1-2H3,(H,22,23). The first-order valence-electron chi connectivity index (χ1n) is 8.27. The lowest BCUT2D eigenvalue weighted by Crippen LogP contribution is -2.34. The summed E-state index contributed by atoms with van der Waals surface area (Å²) >= 11 is 0. The van der Waals surface area contributed by atoms with Crippen molar-refractivity contribution in [2.45, 2.75) is 26.0 Å². The first-order valence-corrected chi connectivity index (χ1v) is 8.27. The molecule has 2 aromatic carbocycles. The molecule has 128 valence electrons. The van der Waals surface area contributed by atoms with Gasteiger partial charge in [-0.25, -0.2) is 0 Å². The Labute approximate surface area is 147 Å². The third kappa shape index (κ3) is 4.29. The molecule has 1 N–H and O–H groups in total. The highest BCUT2D eigenvalue weighted by Gasteiger charge is 2.25. The molecule has 2 unspecified atom stereocenters. The first-order chi connectivity index (χ1) is 12.1. The number of hydrogen-bond donors (Lipinski definition) is 1. The molecule has 0 aliphatic heterocycles. The molecule has 4 heteroatoms. The van der Waals surface area contributed by atoms with Gasteiger partial charge in [-0.15, -0.1) is 0 Å². The maximum Gasteiger partial charge on any atom is 0.266 e. The minimum Gasteiger partial charge on any atom is -0.476 e. The third-order valence-corrected chi connectivity index (χ3v) is 3.88. The van der Waals surface area contributed by atoms with Crippen LogP contribution < -0.4 is 10.1 Å². The van der Waals surface area contributed by atoms with E-state index in [1.807, 2.05) is 86.6 Å². The molecule has 0 spiro atoms. The zero-order chi connectivity index (χ0) is 17.6. The Balaban J connectivity index is 1.79. The topological polar surface area (TPSA) is 51.5 Å². The van der Waals surface area contributed by atoms with Crippen molar-refractivity contribution in [1.29, 1.82) is 0 Å². The summed E-state index contributed by atoms with van der Waals surface area (Å²) in [5.41, 5.74) is 0.798. The summed E-state index contributed by atoms with van der Waals surface area (Å²) in [5, 5.41) is 2.97. The van der Waals surface area contributed by atoms with Crippen LogP contribution in [0.15, 0.2) is 77.2 Å². The summed E-state index contributed by atoms with van der Waals surface area (Å²) in [6, 6.07) is 22.3. The van der Waals surface area contributed by atoms with Gasteiger partial charge in [0.1, 0.15) is 17.3 Å². The van der Waals surface area contributed by atoms with Crippen LogP contribution in [0.3, 0.4) is 0 Å². The van der Waals surface area contributed by atoms with E-state index in [-0.39, 0.29) is 11.9 Å². The Morgan fingerprint density at radius 1 is 0.960 bits per heavy atom. The molecule has 0 radical (unpaired) electrons. The van der Waals surface area contributed by atoms with Crippen LogP contribution in [-0.2, 0) is 4.79 Å². The predicted octanol–water partition coefficient (Wildman–Crippen LogP) is 4.59. The van der Waals surface area contributed by atoms with Gasteiger partial charge in [0.2, 0.25) is 6.10 Å². The number of aryl methyl sites for hydroxylation is 1. The fourth-order valence-electron chi connectivity index (χ4n) is 2.58. The Kier molecular flexibility index (Phi) is 5.19. The normalized spacial score (nSPS) is 13.0. The summed E-state index contributed by atoms with van der Waals surface area (Å²) in [4.78, 5) is 12.9. The van der Waals surface area contributed by atoms with Crippen molar-refractivity contribution >= 4 is 5.91 Å². The maximum atomic E-state index is 12.9. The molecule has 1 heterocycles. The van der Waals surface area contributed by atoms with Crippen LogP contribution in [0.2, 0.25) is 0 Å². The monoisotopic (exact) mass is 335 g/mol. The lowest BCUT2D eigenvalue weighted by atomic mass is 10.1. The van der Waals surface area contributed by atoms with Crippen molar-refractivity contribution in [2.24, 2.45) is 0 Å². The fourth-order valence-corrected chi connectivity index (χ4v) is 2.58. The first kappa shape index (κ1) is 16.8. The number of amides is 1. The van der Waals surface area contributed by atoms with Gasteiger partial charge in [-0.2, -0.15) is 0 Å². The summed E-state index contributed by atoms with van der Waals surface area (Å²) in [5.74, 6) is 1.97. The number of nitrogens with one attached hydrogen (secondary N) is 1. The van der Waals surface area contributed by atoms with Crippen LogP contribution >= 0.6 is 0 Å². The summed E-state index contributed by atoms with van der Waals surface area (Å²) in [6.45, 7) is 3.77. The SMILES string of the molecule is Cc1ccc(C(C)NC(=O)C(Oc2ccccc2)c2ccccc2)o1. The molecule has 0 saturated heterocycles. The largest absolute Gasteiger partial charge is 0.476 e. The van der Waals surface area contributed by atoms with Crippen molar-refractivity contribution in [3.63, 3.8) is 0 Å². The zero-order valence-corrected chi connectivity index (χ0v) is 14.3. The van der Waals surface area contributed by atoms with Gasteiger partial charge in [0.15, 0.2) is 0 Å². The molecule has 3 rings (SSSR count). The molecular weight excluding hydrogens is 314 g/mol. The molecule has 3 aromatic rings. The van der Waals surface area contributed by atoms with Crippen LogP contribution in [0.25, 0.3) is 0 Å². The molecule has 2 atom stereocenters. The van der Waals surface area contributed by atoms with E-state index in [0.29, 0.717) is 5.75 Å². The van der Waals surface area contributed by atoms with Gasteiger partial charge in [0.05, 0.1) is 6.04 Å². The van der Waals surface area contributed by atoms with Gasteiger partial charge in [-0.3, -0.25) is 4.79 Å². The van der Waals surface area contributed by atoms with E-state index >= 15 is 0 Å². The molecule has 0 aliphatic carbocycles. The molecule has 0 saturated carbocycles. The second kappa shape index (κ2) is 7.71. The number of carbonyl (C=O) groups is 1. The van der Waals surface area contributed by atoms with Gasteiger partial charge < -0.3 is 14.5 Å². The molecular formula is C21H21NO3. The second-order valence-corrected chi connectivity index (χ2v) is 5.90. The van der Waals surface area contributed by atoms with Crippen molar-refractivity contribution < 1.29 is 13.9 Å². The molecule has 4 nitrogen and oxygen atoms in total. The van der Waals surface area contributed by atoms with E-state index in [1.165, 1.54) is 0 Å². The van der Waals surface area contributed by atoms with Crippen LogP contribution in [0.5, 0.6) is 5.75 Å². The Morgan fingerprint density at radius 2 is 1.60 bits per heavy atom. The molecule has 25 heavy (non-hydrogen) atoms. The molecule has 1 amide bonds. The van der Waals surface area contributed by atoms with Crippen molar-refractivity contribution in [3.8, 4) is 5.75 Å². The Bertz CT molecular complexity index is 811. The Morgan fingerprint density at radius 3 is 2.20 bits per heavy atom. The molecule has 1 aromatic heterocycles. The van der Waals surface area contributed by atoms with Crippen LogP contribution in [0.4, 0.5) is 0 Å². The highest BCUT2D eigenvalue weighted by Crippen LogP contribution is 2.24. The summed E-state index contributed by atoms with van der Waals surface area (Å²) in [6.07, 6.45) is -0.734. The minimum atomic E-state index is -0.734. The Hall–Kier alpha value is -3.01. The highest BCUT2D eigenvalue weighted by atomic mass is 16.5. The number of furan rings is 1. The number of para-hydroxylation sites is 1. The van der Waals surface area contributed by atoms with Gasteiger partial charge in [0, 0.05) is 5.56 Å². The van der Waals surface area contributed by atoms with E-state index in [1.54, 1.807) is 0 Å². The van der Waals surface area contributed by atoms with E-state index in [9.17, 15) is 4.79 Å². The van der Waals surface area contributed by atoms with E-state index in [4.69, 9.17) is 9.15 Å². The molecule has 0 aliphatic rings. The second-order valence-electron chi connectivity index (χ2n) is 5.90. The lowest BCUT2D eigenvalue weighted by molar-refractivity contribution is -0.129. The molecule has 0 fully saturated rings. The predicted molar refractivity (Wildman–Crippen MR) is 96.3 cm³/mol. The van der Waals surface area contributed by atoms with Crippen LogP contribution in [-0.4, -0.2) is 5.91 Å². The fraction of sp³-hybridized carbons (Fsp3) is 0.190. The highest BCUT2D eigenvalue weighted by molar-refractivity contribution is 5.82. The van der Waals surface area contributed by atoms with E-state index < -0.39 is 6.10 Å². The number of hydrogen-bond acceptors (Lipinski definition) is 3. The average molecular weight is 335 g/mol. The number of ether oxygens (including phenoxy) is 1. The van der Waals surface area contributed by atoms with Gasteiger partial charge in [-0.1, -0.05) is 48.5 Å². The van der Waals surface area contributed by atoms with E-state index in [0.717, 1.165) is 17.1 Å². The quantitative estimate of drug-likeness (QED) is 0.717. The molecule has 0 bridgehead atoms. The average Bonchev–Trinajstić information content (AvgIpc) is 3.08. The van der Waals surface area contributed by atoms with Crippen molar-refractivity contribution in [3.05, 3.63) is 89.9 Å². The smallest absolute Gasteiger partial charge is 0.266 e. The summed E-state index contributed by atoms with van der Waals surface area (Å²) < 4.78 is 11.6. The van der Waals surface area contributed by atoms with Gasteiger partial charge in [-0.05, 0) is 38.1 Å². The van der Waals surface area contributed by atoms with Crippen molar-refractivity contribution in [1.82, 2.24) is 5.32 Å².